The van der Waals surface area contributed by atoms with Crippen LogP contribution in [0.3, 0.4) is 0 Å². The number of hydrogen-bond donors (Lipinski definition) is 1. The van der Waals surface area contributed by atoms with Gasteiger partial charge in [-0.05, 0) is 131 Å². The topological polar surface area (TPSA) is 82.2 Å². The van der Waals surface area contributed by atoms with Crippen molar-refractivity contribution in [2.75, 3.05) is 39.6 Å². The van der Waals surface area contributed by atoms with Gasteiger partial charge >= 0.3 is 0 Å². The quantitative estimate of drug-likeness (QED) is 0.0858. The summed E-state index contributed by atoms with van der Waals surface area (Å²) in [6, 6.07) is 69.8. The molecule has 12 rings (SSSR count). The molecule has 0 aromatic heterocycles. The predicted molar refractivity (Wildman–Crippen MR) is 281 cm³/mol. The van der Waals surface area contributed by atoms with Crippen molar-refractivity contribution in [2.45, 2.75) is 67.7 Å². The predicted octanol–water partition coefficient (Wildman–Crippen LogP) is 12.4. The molecule has 0 radical (unpaired) electrons. The Morgan fingerprint density at radius 1 is 0.444 bits per heavy atom. The minimum Gasteiger partial charge on any atom is -0.491 e. The molecule has 2 heterocycles. The largest absolute Gasteiger partial charge is 0.491 e. The summed E-state index contributed by atoms with van der Waals surface area (Å²) in [4.78, 5) is 0. The Balaban J connectivity index is 0.763. The highest BCUT2D eigenvalue weighted by molar-refractivity contribution is 5.63. The van der Waals surface area contributed by atoms with E-state index in [4.69, 9.17) is 28.4 Å². The molecular formula is C65H60O7. The van der Waals surface area contributed by atoms with E-state index in [1.807, 2.05) is 24.3 Å². The lowest BCUT2D eigenvalue weighted by Gasteiger charge is -2.33. The van der Waals surface area contributed by atoms with E-state index in [-0.39, 0.29) is 37.3 Å². The molecule has 2 fully saturated rings. The SMILES string of the molecule is Cc1ccc2c(c1)C(c1ccc(OCC(O)COc3ccc(C4(c5ccc(OCC6CO6)cc5)CC(c5ccccc5)c5ccc(C)cc54)cc3)cc1)(c1ccc(OCC3CO3)cc1)CC2c1ccccc1. The van der Waals surface area contributed by atoms with Crippen molar-refractivity contribution in [2.24, 2.45) is 0 Å². The van der Waals surface area contributed by atoms with Crippen LogP contribution in [0.25, 0.3) is 0 Å². The van der Waals surface area contributed by atoms with Gasteiger partial charge in [0.2, 0.25) is 0 Å². The Bertz CT molecular complexity index is 2920. The van der Waals surface area contributed by atoms with Gasteiger partial charge in [-0.3, -0.25) is 0 Å². The average Bonchev–Trinajstić information content (AvgIpc) is 4.38. The smallest absolute Gasteiger partial charge is 0.122 e. The fraction of sp³-hybridized carbons (Fsp3) is 0.262. The number of aliphatic hydroxyl groups is 1. The zero-order chi connectivity index (χ0) is 48.7. The van der Waals surface area contributed by atoms with Crippen LogP contribution in [0.5, 0.6) is 23.0 Å². The molecule has 4 aliphatic rings. The summed E-state index contributed by atoms with van der Waals surface area (Å²) >= 11 is 0. The molecule has 8 aromatic rings. The number of benzene rings is 8. The zero-order valence-corrected chi connectivity index (χ0v) is 40.9. The maximum atomic E-state index is 11.3. The lowest BCUT2D eigenvalue weighted by molar-refractivity contribution is 0.0626. The first-order valence-electron chi connectivity index (χ1n) is 25.5. The average molecular weight is 953 g/mol. The van der Waals surface area contributed by atoms with Crippen molar-refractivity contribution in [3.63, 3.8) is 0 Å². The highest BCUT2D eigenvalue weighted by atomic mass is 16.6. The van der Waals surface area contributed by atoms with E-state index >= 15 is 0 Å². The van der Waals surface area contributed by atoms with Gasteiger partial charge in [0.25, 0.3) is 0 Å². The number of aliphatic hydroxyl groups excluding tert-OH is 1. The molecule has 7 heteroatoms. The molecular weight excluding hydrogens is 893 g/mol. The molecule has 7 nitrogen and oxygen atoms in total. The van der Waals surface area contributed by atoms with Crippen molar-refractivity contribution in [3.8, 4) is 23.0 Å². The molecule has 1 N–H and O–H groups in total. The Morgan fingerprint density at radius 3 is 1.11 bits per heavy atom. The fourth-order valence-corrected chi connectivity index (χ4v) is 11.6. The summed E-state index contributed by atoms with van der Waals surface area (Å²) in [6.07, 6.45) is 1.29. The van der Waals surface area contributed by atoms with Gasteiger partial charge in [0.1, 0.15) is 67.7 Å². The number of ether oxygens (including phenoxy) is 6. The standard InChI is InChI=1S/C65H60O7/c1-43-13-31-58-60(45-9-5-3-6-10-45)35-64(62(58)33-43,49-19-27-54(28-20-49)69-39-56-41-71-56)47-15-23-52(24-16-47)67-37-51(66)38-68-53-25-17-48(18-26-53)65(50-21-29-55(30-22-50)70-40-57-42-72-57)36-61(46-11-7-4-8-12-46)59-32-14-44(2)34-63(59)65/h3-34,51,56-57,60-61,66H,35-42H2,1-2H3. The Morgan fingerprint density at radius 2 is 0.778 bits per heavy atom. The zero-order valence-electron chi connectivity index (χ0n) is 40.9. The van der Waals surface area contributed by atoms with Crippen molar-refractivity contribution in [1.29, 1.82) is 0 Å². The third kappa shape index (κ3) is 9.06. The van der Waals surface area contributed by atoms with E-state index in [1.54, 1.807) is 0 Å². The number of fused-ring (bicyclic) bond motifs is 2. The third-order valence-corrected chi connectivity index (χ3v) is 15.5. The van der Waals surface area contributed by atoms with Gasteiger partial charge in [0, 0.05) is 22.7 Å². The molecule has 2 saturated heterocycles. The maximum Gasteiger partial charge on any atom is 0.122 e. The van der Waals surface area contributed by atoms with Gasteiger partial charge in [-0.1, -0.05) is 157 Å². The molecule has 6 atom stereocenters. The van der Waals surface area contributed by atoms with E-state index in [9.17, 15) is 5.11 Å². The number of rotatable bonds is 18. The summed E-state index contributed by atoms with van der Waals surface area (Å²) in [6.45, 7) is 7.18. The molecule has 0 bridgehead atoms. The van der Waals surface area contributed by atoms with Gasteiger partial charge in [-0.25, -0.2) is 0 Å². The molecule has 0 spiro atoms. The maximum absolute atomic E-state index is 11.3. The molecule has 2 aliphatic heterocycles. The molecule has 8 aromatic carbocycles. The monoisotopic (exact) mass is 952 g/mol. The molecule has 6 unspecified atom stereocenters. The van der Waals surface area contributed by atoms with Crippen molar-refractivity contribution in [1.82, 2.24) is 0 Å². The second-order valence-corrected chi connectivity index (χ2v) is 20.2. The van der Waals surface area contributed by atoms with Crippen molar-refractivity contribution in [3.05, 3.63) is 261 Å². The summed E-state index contributed by atoms with van der Waals surface area (Å²) in [7, 11) is 0. The van der Waals surface area contributed by atoms with Crippen LogP contribution in [-0.2, 0) is 20.3 Å². The summed E-state index contributed by atoms with van der Waals surface area (Å²) < 4.78 is 35.5. The van der Waals surface area contributed by atoms with Crippen molar-refractivity contribution < 1.29 is 33.5 Å². The first kappa shape index (κ1) is 45.9. The number of aryl methyl sites for hydroxylation is 2. The summed E-state index contributed by atoms with van der Waals surface area (Å²) in [5.41, 5.74) is 14.4. The van der Waals surface area contributed by atoms with Gasteiger partial charge in [0.15, 0.2) is 0 Å². The van der Waals surface area contributed by atoms with E-state index in [0.29, 0.717) is 24.7 Å². The van der Waals surface area contributed by atoms with E-state index in [2.05, 4.69) is 184 Å². The van der Waals surface area contributed by atoms with E-state index < -0.39 is 16.9 Å². The van der Waals surface area contributed by atoms with E-state index in [0.717, 1.165) is 37.6 Å². The Hall–Kier alpha value is -7.16. The molecule has 72 heavy (non-hydrogen) atoms. The van der Waals surface area contributed by atoms with Crippen LogP contribution in [0.1, 0.15) is 91.4 Å². The van der Waals surface area contributed by atoms with Gasteiger partial charge in [-0.15, -0.1) is 0 Å². The van der Waals surface area contributed by atoms with Crippen LogP contribution in [0.2, 0.25) is 0 Å². The van der Waals surface area contributed by atoms with Crippen LogP contribution in [0, 0.1) is 13.8 Å². The fourth-order valence-electron chi connectivity index (χ4n) is 11.6. The Kier molecular flexibility index (Phi) is 12.4. The van der Waals surface area contributed by atoms with E-state index in [1.165, 1.54) is 66.8 Å². The van der Waals surface area contributed by atoms with Crippen LogP contribution in [0.4, 0.5) is 0 Å². The normalized spacial score (nSPS) is 22.9. The van der Waals surface area contributed by atoms with Crippen LogP contribution in [-0.4, -0.2) is 63.1 Å². The van der Waals surface area contributed by atoms with Gasteiger partial charge in [0.05, 0.1) is 13.2 Å². The third-order valence-electron chi connectivity index (χ3n) is 15.5. The number of hydrogen-bond acceptors (Lipinski definition) is 7. The highest BCUT2D eigenvalue weighted by Gasteiger charge is 2.48. The van der Waals surface area contributed by atoms with Crippen molar-refractivity contribution >= 4 is 0 Å². The molecule has 362 valence electrons. The van der Waals surface area contributed by atoms with Crippen LogP contribution in [0.15, 0.2) is 194 Å². The van der Waals surface area contributed by atoms with Gasteiger partial charge in [-0.2, -0.15) is 0 Å². The van der Waals surface area contributed by atoms with Gasteiger partial charge < -0.3 is 33.5 Å². The molecule has 0 saturated carbocycles. The molecule has 0 amide bonds. The highest BCUT2D eigenvalue weighted by Crippen LogP contribution is 2.58. The van der Waals surface area contributed by atoms with Crippen LogP contribution < -0.4 is 18.9 Å². The minimum absolute atomic E-state index is 0.0849. The van der Waals surface area contributed by atoms with Crippen LogP contribution >= 0.6 is 0 Å². The first-order valence-corrected chi connectivity index (χ1v) is 25.5. The summed E-state index contributed by atoms with van der Waals surface area (Å²) in [5.74, 6) is 3.49. The Labute approximate surface area is 422 Å². The number of epoxide rings is 2. The second-order valence-electron chi connectivity index (χ2n) is 20.2. The summed E-state index contributed by atoms with van der Waals surface area (Å²) in [5, 5.41) is 11.3. The molecule has 2 aliphatic carbocycles. The second kappa shape index (κ2) is 19.5. The minimum atomic E-state index is -0.853. The first-order chi connectivity index (χ1) is 35.3. The lowest BCUT2D eigenvalue weighted by atomic mass is 9.69. The lowest BCUT2D eigenvalue weighted by Crippen LogP contribution is -2.27.